The average Bonchev–Trinajstić information content (AvgIpc) is 3.09. The molecule has 0 aromatic rings. The molecule has 0 aromatic heterocycles. The second-order valence-corrected chi connectivity index (χ2v) is 17.1. The van der Waals surface area contributed by atoms with Gasteiger partial charge in [-0.25, -0.2) is 0 Å². The molecule has 8 nitrogen and oxygen atoms in total. The van der Waals surface area contributed by atoms with E-state index in [4.69, 9.17) is 19.7 Å². The molecule has 0 aliphatic carbocycles. The highest BCUT2D eigenvalue weighted by Gasteiger charge is 2.13. The fraction of sp³-hybridized carbons (Fsp3) is 0.955. The van der Waals surface area contributed by atoms with Gasteiger partial charge < -0.3 is 28.7 Å². The third-order valence-corrected chi connectivity index (χ3v) is 10.8. The number of hydrogen-bond donors (Lipinski definition) is 2. The molecule has 0 unspecified atom stereocenters. The lowest BCUT2D eigenvalue weighted by Crippen LogP contribution is -2.42. The molecule has 0 radical (unpaired) electrons. The topological polar surface area (TPSA) is 93.1 Å². The van der Waals surface area contributed by atoms with Gasteiger partial charge in [0.2, 0.25) is 0 Å². The van der Waals surface area contributed by atoms with Gasteiger partial charge in [-0.05, 0) is 51.4 Å². The van der Waals surface area contributed by atoms with Crippen LogP contribution in [-0.2, 0) is 19.1 Å². The summed E-state index contributed by atoms with van der Waals surface area (Å²) < 4.78 is 12.7. The van der Waals surface area contributed by atoms with E-state index in [0.717, 1.165) is 86.5 Å². The molecule has 0 aliphatic rings. The Balaban J connectivity index is 3.31. The summed E-state index contributed by atoms with van der Waals surface area (Å²) >= 11 is 0. The van der Waals surface area contributed by atoms with Crippen LogP contribution in [0.4, 0.5) is 0 Å². The summed E-state index contributed by atoms with van der Waals surface area (Å²) in [6.45, 7) is 5.71. The molecule has 310 valence electrons. The van der Waals surface area contributed by atoms with Crippen molar-refractivity contribution in [2.24, 2.45) is 0 Å². The van der Waals surface area contributed by atoms with E-state index < -0.39 is 0 Å². The SMILES string of the molecule is C[N+](C)(CCO)CCCCCCCCCCCCCOC(=O)CCCCCCCCCCC(=O)OCCCCCCCCCCC[N+](C)(C)CCO. The van der Waals surface area contributed by atoms with Gasteiger partial charge in [-0.15, -0.1) is 0 Å². The number of esters is 2. The van der Waals surface area contributed by atoms with Crippen LogP contribution in [0.3, 0.4) is 0 Å². The smallest absolute Gasteiger partial charge is 0.305 e. The zero-order valence-electron chi connectivity index (χ0n) is 35.3. The maximum absolute atomic E-state index is 12.0. The number of aliphatic hydroxyl groups is 2. The van der Waals surface area contributed by atoms with Crippen LogP contribution in [0.1, 0.15) is 193 Å². The number of likely N-dealkylation sites (N-methyl/N-ethyl adjacent to an activating group) is 2. The van der Waals surface area contributed by atoms with Gasteiger partial charge in [-0.2, -0.15) is 0 Å². The van der Waals surface area contributed by atoms with Crippen LogP contribution in [0.25, 0.3) is 0 Å². The Labute approximate surface area is 323 Å². The number of carbonyl (C=O) groups is 2. The predicted molar refractivity (Wildman–Crippen MR) is 218 cm³/mol. The number of quaternary nitrogens is 2. The lowest BCUT2D eigenvalue weighted by Gasteiger charge is -2.28. The largest absolute Gasteiger partial charge is 0.466 e. The van der Waals surface area contributed by atoms with E-state index in [1.165, 1.54) is 128 Å². The Morgan fingerprint density at radius 1 is 0.346 bits per heavy atom. The molecule has 2 N–H and O–H groups in total. The lowest BCUT2D eigenvalue weighted by molar-refractivity contribution is -0.890. The van der Waals surface area contributed by atoms with Crippen LogP contribution < -0.4 is 0 Å². The lowest BCUT2D eigenvalue weighted by atomic mass is 10.1. The Kier molecular flexibility index (Phi) is 35.9. The number of unbranched alkanes of at least 4 members (excludes halogenated alkanes) is 25. The van der Waals surface area contributed by atoms with Gasteiger partial charge in [0.1, 0.15) is 13.1 Å². The van der Waals surface area contributed by atoms with Gasteiger partial charge in [-0.1, -0.05) is 128 Å². The molecule has 0 aliphatic heterocycles. The second-order valence-electron chi connectivity index (χ2n) is 17.1. The molecule has 0 spiro atoms. The maximum Gasteiger partial charge on any atom is 0.305 e. The van der Waals surface area contributed by atoms with E-state index in [1.54, 1.807) is 0 Å². The molecule has 0 bridgehead atoms. The first kappa shape index (κ1) is 50.8. The summed E-state index contributed by atoms with van der Waals surface area (Å²) in [7, 11) is 8.80. The van der Waals surface area contributed by atoms with Crippen molar-refractivity contribution in [1.29, 1.82) is 0 Å². The molecular weight excluding hydrogens is 652 g/mol. The van der Waals surface area contributed by atoms with Crippen molar-refractivity contribution >= 4 is 11.9 Å². The molecule has 0 fully saturated rings. The van der Waals surface area contributed by atoms with Crippen molar-refractivity contribution in [2.75, 3.05) is 80.8 Å². The standard InChI is InChI=1S/C44H90N2O6/c1-45(2,37-39-47)35-29-23-17-11-6-5-7-13-19-25-31-41-51-43(49)33-27-21-15-9-10-16-22-28-34-44(50)52-42-32-26-20-14-8-12-18-24-30-36-46(3,4)38-40-48/h47-48H,5-42H2,1-4H3/q+2. The number of nitrogens with zero attached hydrogens (tertiary/aromatic N) is 2. The Morgan fingerprint density at radius 3 is 0.846 bits per heavy atom. The van der Waals surface area contributed by atoms with Gasteiger partial charge in [0.05, 0.1) is 67.7 Å². The van der Waals surface area contributed by atoms with Crippen LogP contribution in [0.5, 0.6) is 0 Å². The van der Waals surface area contributed by atoms with Crippen molar-refractivity contribution < 1.29 is 38.2 Å². The highest BCUT2D eigenvalue weighted by molar-refractivity contribution is 5.69. The number of hydrogen-bond acceptors (Lipinski definition) is 6. The van der Waals surface area contributed by atoms with Crippen molar-refractivity contribution in [3.05, 3.63) is 0 Å². The van der Waals surface area contributed by atoms with E-state index in [2.05, 4.69) is 28.2 Å². The number of ether oxygens (including phenoxy) is 2. The monoisotopic (exact) mass is 743 g/mol. The summed E-state index contributed by atoms with van der Waals surface area (Å²) in [4.78, 5) is 24.0. The molecule has 0 amide bonds. The molecule has 0 aromatic carbocycles. The second kappa shape index (κ2) is 36.7. The summed E-state index contributed by atoms with van der Waals surface area (Å²) in [5, 5.41) is 18.2. The quantitative estimate of drug-likeness (QED) is 0.0368. The maximum atomic E-state index is 12.0. The minimum absolute atomic E-state index is 0.0321. The predicted octanol–water partition coefficient (Wildman–Crippen LogP) is 9.91. The summed E-state index contributed by atoms with van der Waals surface area (Å²) in [5.41, 5.74) is 0. The van der Waals surface area contributed by atoms with Crippen molar-refractivity contribution in [3.63, 3.8) is 0 Å². The van der Waals surface area contributed by atoms with Gasteiger partial charge in [0.15, 0.2) is 0 Å². The minimum Gasteiger partial charge on any atom is -0.466 e. The van der Waals surface area contributed by atoms with Crippen molar-refractivity contribution in [2.45, 2.75) is 193 Å². The van der Waals surface area contributed by atoms with Crippen LogP contribution in [0.15, 0.2) is 0 Å². The molecule has 0 saturated carbocycles. The zero-order valence-corrected chi connectivity index (χ0v) is 35.3. The minimum atomic E-state index is -0.0356. The Bertz CT molecular complexity index is 791. The number of carbonyl (C=O) groups excluding carboxylic acids is 2. The van der Waals surface area contributed by atoms with Gasteiger partial charge in [-0.3, -0.25) is 9.59 Å². The van der Waals surface area contributed by atoms with E-state index in [9.17, 15) is 9.59 Å². The van der Waals surface area contributed by atoms with Crippen LogP contribution in [0, 0.1) is 0 Å². The normalized spacial score (nSPS) is 12.0. The molecular formula is C44H90N2O6+2. The number of aliphatic hydroxyl groups excluding tert-OH is 2. The van der Waals surface area contributed by atoms with Crippen LogP contribution in [0.2, 0.25) is 0 Å². The van der Waals surface area contributed by atoms with E-state index >= 15 is 0 Å². The first-order valence-corrected chi connectivity index (χ1v) is 22.3. The van der Waals surface area contributed by atoms with E-state index in [-0.39, 0.29) is 25.2 Å². The summed E-state index contributed by atoms with van der Waals surface area (Å²) in [6, 6.07) is 0. The summed E-state index contributed by atoms with van der Waals surface area (Å²) in [6.07, 6.45) is 34.9. The molecule has 0 rings (SSSR count). The highest BCUT2D eigenvalue weighted by Crippen LogP contribution is 2.15. The molecule has 0 saturated heterocycles. The first-order valence-electron chi connectivity index (χ1n) is 22.3. The summed E-state index contributed by atoms with van der Waals surface area (Å²) in [5.74, 6) is -0.0677. The molecule has 0 atom stereocenters. The fourth-order valence-electron chi connectivity index (χ4n) is 6.99. The number of rotatable bonds is 41. The van der Waals surface area contributed by atoms with E-state index in [0.29, 0.717) is 26.1 Å². The van der Waals surface area contributed by atoms with Gasteiger partial charge in [0, 0.05) is 12.8 Å². The fourth-order valence-corrected chi connectivity index (χ4v) is 6.99. The van der Waals surface area contributed by atoms with Gasteiger partial charge in [0.25, 0.3) is 0 Å². The van der Waals surface area contributed by atoms with Crippen molar-refractivity contribution in [3.8, 4) is 0 Å². The third kappa shape index (κ3) is 38.5. The third-order valence-electron chi connectivity index (χ3n) is 10.8. The first-order chi connectivity index (χ1) is 25.1. The molecule has 0 heterocycles. The van der Waals surface area contributed by atoms with Gasteiger partial charge >= 0.3 is 11.9 Å². The van der Waals surface area contributed by atoms with Crippen LogP contribution in [-0.4, -0.2) is 112 Å². The zero-order chi connectivity index (χ0) is 38.4. The highest BCUT2D eigenvalue weighted by atomic mass is 16.5. The molecule has 8 heteroatoms. The Morgan fingerprint density at radius 2 is 0.577 bits per heavy atom. The van der Waals surface area contributed by atoms with Crippen molar-refractivity contribution in [1.82, 2.24) is 0 Å². The molecule has 52 heavy (non-hydrogen) atoms. The van der Waals surface area contributed by atoms with E-state index in [1.807, 2.05) is 0 Å². The average molecular weight is 743 g/mol. The van der Waals surface area contributed by atoms with Crippen LogP contribution >= 0.6 is 0 Å². The Hall–Kier alpha value is -1.22.